The van der Waals surface area contributed by atoms with Crippen molar-refractivity contribution < 1.29 is 0 Å². The summed E-state index contributed by atoms with van der Waals surface area (Å²) >= 11 is 9.07. The molecular weight excluding hydrogens is 200 g/mol. The number of thiol groups is 2. The molecule has 0 bridgehead atoms. The van der Waals surface area contributed by atoms with Crippen LogP contribution in [0, 0.1) is 0 Å². The standard InChI is InChI=1S/C4H14S3Si2/c1-8(2,5)7-9(3,4)6/h5-6H,1-4H3. The van der Waals surface area contributed by atoms with Crippen LogP contribution in [0.25, 0.3) is 0 Å². The summed E-state index contributed by atoms with van der Waals surface area (Å²) in [5.41, 5.74) is 0. The van der Waals surface area contributed by atoms with Crippen molar-refractivity contribution in [2.24, 2.45) is 0 Å². The average molecular weight is 215 g/mol. The second kappa shape index (κ2) is 3.25. The lowest BCUT2D eigenvalue weighted by molar-refractivity contribution is 2.06. The third-order valence-electron chi connectivity index (χ3n) is 0.500. The molecule has 0 aromatic heterocycles. The van der Waals surface area contributed by atoms with Gasteiger partial charge in [-0.3, -0.25) is 0 Å². The minimum absolute atomic E-state index is 1.20. The molecule has 0 saturated heterocycles. The zero-order valence-corrected chi connectivity index (χ0v) is 10.9. The lowest BCUT2D eigenvalue weighted by atomic mass is 11.9. The minimum Gasteiger partial charge on any atom is -0.190 e. The van der Waals surface area contributed by atoms with E-state index in [1.54, 1.807) is 0 Å². The van der Waals surface area contributed by atoms with Crippen molar-refractivity contribution in [3.63, 3.8) is 0 Å². The van der Waals surface area contributed by atoms with E-state index < -0.39 is 12.7 Å². The van der Waals surface area contributed by atoms with Crippen LogP contribution in [0.1, 0.15) is 0 Å². The molecule has 0 aromatic carbocycles. The molecule has 0 nitrogen and oxygen atoms in total. The summed E-state index contributed by atoms with van der Waals surface area (Å²) in [6.45, 7) is 8.97. The molecule has 0 fully saturated rings. The van der Waals surface area contributed by atoms with Crippen molar-refractivity contribution in [1.82, 2.24) is 0 Å². The molecule has 0 spiro atoms. The summed E-state index contributed by atoms with van der Waals surface area (Å²) < 4.78 is 0. The monoisotopic (exact) mass is 214 g/mol. The fourth-order valence-electron chi connectivity index (χ4n) is 0.611. The number of hydrogen-bond donors (Lipinski definition) is 2. The fraction of sp³-hybridized carbons (Fsp3) is 1.00. The zero-order chi connectivity index (χ0) is 7.71. The first-order valence-corrected chi connectivity index (χ1v) is 13.7. The quantitative estimate of drug-likeness (QED) is 0.526. The van der Waals surface area contributed by atoms with E-state index in [9.17, 15) is 0 Å². The lowest BCUT2D eigenvalue weighted by Crippen LogP contribution is -2.24. The highest BCUT2D eigenvalue weighted by Gasteiger charge is 2.26. The predicted molar refractivity (Wildman–Crippen MR) is 60.5 cm³/mol. The Labute approximate surface area is 73.6 Å². The first kappa shape index (κ1) is 10.5. The van der Waals surface area contributed by atoms with Crippen LogP contribution >= 0.6 is 34.8 Å². The van der Waals surface area contributed by atoms with Gasteiger partial charge in [-0.1, -0.05) is 26.2 Å². The van der Waals surface area contributed by atoms with Gasteiger partial charge in [0.05, 0.1) is 0 Å². The Kier molecular flexibility index (Phi) is 3.79. The third kappa shape index (κ3) is 9.48. The number of hydrogen-bond acceptors (Lipinski definition) is 3. The van der Waals surface area contributed by atoms with Crippen molar-refractivity contribution in [2.45, 2.75) is 26.2 Å². The molecule has 56 valence electrons. The average Bonchev–Trinajstić information content (AvgIpc) is 1.14. The molecule has 0 unspecified atom stereocenters. The third-order valence-corrected chi connectivity index (χ3v) is 18.4. The van der Waals surface area contributed by atoms with Crippen LogP contribution in [0.5, 0.6) is 0 Å². The first-order chi connectivity index (χ1) is 3.71. The van der Waals surface area contributed by atoms with Crippen molar-refractivity contribution in [3.8, 4) is 0 Å². The van der Waals surface area contributed by atoms with Gasteiger partial charge >= 0.3 is 0 Å². The molecule has 0 radical (unpaired) electrons. The fourth-order valence-corrected chi connectivity index (χ4v) is 30.8. The van der Waals surface area contributed by atoms with Crippen LogP contribution in [-0.4, -0.2) is 12.7 Å². The Bertz CT molecular complexity index is 79.0. The smallest absolute Gasteiger partial charge is 0.161 e. The Balaban J connectivity index is 3.75. The van der Waals surface area contributed by atoms with Crippen LogP contribution in [0.4, 0.5) is 0 Å². The topological polar surface area (TPSA) is 0 Å². The maximum Gasteiger partial charge on any atom is 0.161 e. The summed E-state index contributed by atoms with van der Waals surface area (Å²) in [6, 6.07) is 0. The highest BCUT2D eigenvalue weighted by atomic mass is 32.7. The molecule has 0 atom stereocenters. The van der Waals surface area contributed by atoms with E-state index in [1.807, 2.05) is 10.7 Å². The van der Waals surface area contributed by atoms with Gasteiger partial charge in [-0.15, -0.1) is 0 Å². The summed E-state index contributed by atoms with van der Waals surface area (Å²) in [4.78, 5) is 0. The SMILES string of the molecule is C[Si](C)(S)S[Si](C)(C)S. The molecule has 0 saturated carbocycles. The highest BCUT2D eigenvalue weighted by Crippen LogP contribution is 2.34. The van der Waals surface area contributed by atoms with E-state index in [-0.39, 0.29) is 0 Å². The highest BCUT2D eigenvalue weighted by molar-refractivity contribution is 8.73. The van der Waals surface area contributed by atoms with Crippen molar-refractivity contribution in [3.05, 3.63) is 0 Å². The lowest BCUT2D eigenvalue weighted by Gasteiger charge is -2.23. The van der Waals surface area contributed by atoms with Crippen molar-refractivity contribution in [1.29, 1.82) is 0 Å². The van der Waals surface area contributed by atoms with E-state index >= 15 is 0 Å². The molecular formula is C4H14S3Si2. The maximum absolute atomic E-state index is 4.54. The van der Waals surface area contributed by atoms with Crippen LogP contribution in [-0.2, 0) is 0 Å². The van der Waals surface area contributed by atoms with E-state index in [0.717, 1.165) is 0 Å². The van der Waals surface area contributed by atoms with Gasteiger partial charge in [-0.2, -0.15) is 34.8 Å². The molecule has 0 amide bonds. The Hall–Kier alpha value is 1.48. The normalized spacial score (nSPS) is 14.0. The molecule has 0 aliphatic rings. The molecule has 0 aliphatic carbocycles. The van der Waals surface area contributed by atoms with Gasteiger partial charge in [-0.05, 0) is 0 Å². The van der Waals surface area contributed by atoms with Gasteiger partial charge in [0, 0.05) is 0 Å². The van der Waals surface area contributed by atoms with Gasteiger partial charge < -0.3 is 0 Å². The van der Waals surface area contributed by atoms with Crippen LogP contribution in [0.2, 0.25) is 26.2 Å². The van der Waals surface area contributed by atoms with Gasteiger partial charge in [0.2, 0.25) is 0 Å². The summed E-state index contributed by atoms with van der Waals surface area (Å²) in [5.74, 6) is 0. The van der Waals surface area contributed by atoms with Crippen molar-refractivity contribution >= 4 is 47.6 Å². The maximum atomic E-state index is 4.54. The summed E-state index contributed by atoms with van der Waals surface area (Å²) in [7, 11) is 2.02. The van der Waals surface area contributed by atoms with Crippen LogP contribution < -0.4 is 0 Å². The van der Waals surface area contributed by atoms with Crippen LogP contribution in [0.15, 0.2) is 0 Å². The molecule has 0 aromatic rings. The molecule has 0 aliphatic heterocycles. The molecule has 0 N–H and O–H groups in total. The van der Waals surface area contributed by atoms with Gasteiger partial charge in [0.1, 0.15) is 0 Å². The van der Waals surface area contributed by atoms with E-state index in [1.165, 1.54) is 0 Å². The first-order valence-electron chi connectivity index (χ1n) is 2.86. The Morgan fingerprint density at radius 3 is 1.11 bits per heavy atom. The van der Waals surface area contributed by atoms with E-state index in [2.05, 4.69) is 50.3 Å². The summed E-state index contributed by atoms with van der Waals surface area (Å²) in [6.07, 6.45) is -2.39. The molecule has 0 rings (SSSR count). The van der Waals surface area contributed by atoms with E-state index in [0.29, 0.717) is 0 Å². The second-order valence-corrected chi connectivity index (χ2v) is 26.1. The predicted octanol–water partition coefficient (Wildman–Crippen LogP) is 2.98. The number of rotatable bonds is 2. The molecule has 0 heterocycles. The molecule has 9 heavy (non-hydrogen) atoms. The second-order valence-electron chi connectivity index (χ2n) is 3.00. The van der Waals surface area contributed by atoms with Crippen LogP contribution in [0.3, 0.4) is 0 Å². The minimum atomic E-state index is -1.20. The van der Waals surface area contributed by atoms with E-state index in [4.69, 9.17) is 0 Å². The Morgan fingerprint density at radius 1 is 0.889 bits per heavy atom. The molecule has 5 heteroatoms. The van der Waals surface area contributed by atoms with Crippen molar-refractivity contribution in [2.75, 3.05) is 0 Å². The largest absolute Gasteiger partial charge is 0.190 e. The summed E-state index contributed by atoms with van der Waals surface area (Å²) in [5, 5.41) is 0. The Morgan fingerprint density at radius 2 is 1.11 bits per heavy atom. The van der Waals surface area contributed by atoms with Gasteiger partial charge in [-0.25, -0.2) is 0 Å². The zero-order valence-electron chi connectivity index (χ0n) is 6.30. The van der Waals surface area contributed by atoms with Gasteiger partial charge in [0.25, 0.3) is 0 Å². The van der Waals surface area contributed by atoms with Gasteiger partial charge in [0.15, 0.2) is 12.7 Å².